The van der Waals surface area contributed by atoms with Gasteiger partial charge in [-0.05, 0) is 31.9 Å². The zero-order chi connectivity index (χ0) is 18.7. The van der Waals surface area contributed by atoms with E-state index in [1.165, 1.54) is 25.7 Å². The van der Waals surface area contributed by atoms with Crippen molar-refractivity contribution in [1.29, 1.82) is 0 Å². The first-order valence-corrected chi connectivity index (χ1v) is 13.3. The molecule has 3 rings (SSSR count). The van der Waals surface area contributed by atoms with E-state index in [0.29, 0.717) is 24.1 Å². The lowest BCUT2D eigenvalue weighted by Gasteiger charge is -2.17. The second kappa shape index (κ2) is 7.92. The van der Waals surface area contributed by atoms with Gasteiger partial charge in [0.15, 0.2) is 12.6 Å². The standard InChI is InChI=1S/C20H30N2O3Si/c1-15(23)18-13-21-20(25-14-24-11-12-26(2,3)4)17-9-10-22(19(17)18)16-7-5-6-8-16/h9-10,13,16H,5-8,11-12,14H2,1-4H3. The van der Waals surface area contributed by atoms with Crippen LogP contribution in [-0.4, -0.2) is 36.8 Å². The smallest absolute Gasteiger partial charge is 0.225 e. The number of rotatable bonds is 8. The van der Waals surface area contributed by atoms with E-state index in [-0.39, 0.29) is 12.6 Å². The summed E-state index contributed by atoms with van der Waals surface area (Å²) in [7, 11) is -1.10. The van der Waals surface area contributed by atoms with Crippen LogP contribution in [0.15, 0.2) is 18.5 Å². The highest BCUT2D eigenvalue weighted by Gasteiger charge is 2.22. The molecular formula is C20H30N2O3Si. The van der Waals surface area contributed by atoms with Crippen molar-refractivity contribution >= 4 is 24.8 Å². The molecule has 0 aliphatic heterocycles. The Kier molecular flexibility index (Phi) is 5.82. The van der Waals surface area contributed by atoms with Gasteiger partial charge in [-0.1, -0.05) is 32.5 Å². The number of nitrogens with zero attached hydrogens (tertiary/aromatic N) is 2. The zero-order valence-corrected chi connectivity index (χ0v) is 17.4. The molecule has 1 aliphatic carbocycles. The maximum Gasteiger partial charge on any atom is 0.225 e. The highest BCUT2D eigenvalue weighted by molar-refractivity contribution is 6.76. The summed E-state index contributed by atoms with van der Waals surface area (Å²) in [5, 5.41) is 0.901. The van der Waals surface area contributed by atoms with Gasteiger partial charge in [0.2, 0.25) is 5.88 Å². The van der Waals surface area contributed by atoms with Gasteiger partial charge in [-0.3, -0.25) is 4.79 Å². The predicted molar refractivity (Wildman–Crippen MR) is 107 cm³/mol. The minimum atomic E-state index is -1.10. The van der Waals surface area contributed by atoms with Gasteiger partial charge in [-0.25, -0.2) is 4.98 Å². The van der Waals surface area contributed by atoms with Gasteiger partial charge >= 0.3 is 0 Å². The number of hydrogen-bond donors (Lipinski definition) is 0. The molecule has 0 N–H and O–H groups in total. The normalized spacial score (nSPS) is 15.7. The summed E-state index contributed by atoms with van der Waals surface area (Å²) in [6.45, 7) is 9.49. The third-order valence-corrected chi connectivity index (χ3v) is 6.79. The zero-order valence-electron chi connectivity index (χ0n) is 16.4. The maximum atomic E-state index is 12.1. The SMILES string of the molecule is CC(=O)c1cnc(OCOCC[Si](C)(C)C)c2ccn(C3CCCC3)c12. The first-order chi connectivity index (χ1) is 12.4. The Morgan fingerprint density at radius 3 is 2.69 bits per heavy atom. The molecule has 0 amide bonds. The van der Waals surface area contributed by atoms with E-state index < -0.39 is 8.07 Å². The molecule has 0 radical (unpaired) electrons. The number of carbonyl (C=O) groups excluding carboxylic acids is 1. The Labute approximate surface area is 156 Å². The Morgan fingerprint density at radius 1 is 1.31 bits per heavy atom. The summed E-state index contributed by atoms with van der Waals surface area (Å²) in [5.41, 5.74) is 1.63. The molecule has 2 aromatic heterocycles. The van der Waals surface area contributed by atoms with Gasteiger partial charge in [0, 0.05) is 33.1 Å². The molecule has 0 spiro atoms. The first-order valence-electron chi connectivity index (χ1n) is 9.58. The molecule has 5 nitrogen and oxygen atoms in total. The van der Waals surface area contributed by atoms with Gasteiger partial charge in [0.05, 0.1) is 16.5 Å². The number of ketones is 1. The molecule has 26 heavy (non-hydrogen) atoms. The number of aromatic nitrogens is 2. The quantitative estimate of drug-likeness (QED) is 0.281. The van der Waals surface area contributed by atoms with Gasteiger partial charge in [0.25, 0.3) is 0 Å². The van der Waals surface area contributed by atoms with Crippen molar-refractivity contribution in [3.05, 3.63) is 24.0 Å². The van der Waals surface area contributed by atoms with Crippen LogP contribution in [0.2, 0.25) is 25.7 Å². The number of ether oxygens (including phenoxy) is 2. The molecule has 1 fully saturated rings. The molecule has 1 saturated carbocycles. The number of pyridine rings is 1. The average molecular weight is 375 g/mol. The Bertz CT molecular complexity index is 773. The summed E-state index contributed by atoms with van der Waals surface area (Å²) >= 11 is 0. The fourth-order valence-corrected chi connectivity index (χ4v) is 4.31. The number of carbonyl (C=O) groups is 1. The van der Waals surface area contributed by atoms with E-state index in [1.807, 2.05) is 6.07 Å². The van der Waals surface area contributed by atoms with Crippen molar-refractivity contribution < 1.29 is 14.3 Å². The van der Waals surface area contributed by atoms with Crippen LogP contribution in [0.1, 0.15) is 49.0 Å². The highest BCUT2D eigenvalue weighted by atomic mass is 28.3. The van der Waals surface area contributed by atoms with Crippen LogP contribution in [0.5, 0.6) is 5.88 Å². The topological polar surface area (TPSA) is 53.4 Å². The van der Waals surface area contributed by atoms with Crippen molar-refractivity contribution in [3.63, 3.8) is 0 Å². The van der Waals surface area contributed by atoms with Crippen molar-refractivity contribution in [2.24, 2.45) is 0 Å². The molecule has 1 aliphatic rings. The van der Waals surface area contributed by atoms with Crippen LogP contribution < -0.4 is 4.74 Å². The fraction of sp³-hybridized carbons (Fsp3) is 0.600. The summed E-state index contributed by atoms with van der Waals surface area (Å²) in [5.74, 6) is 0.591. The molecule has 142 valence electrons. The lowest BCUT2D eigenvalue weighted by Crippen LogP contribution is -2.22. The Balaban J connectivity index is 1.79. The van der Waals surface area contributed by atoms with Crippen molar-refractivity contribution in [2.45, 2.75) is 64.3 Å². The lowest BCUT2D eigenvalue weighted by atomic mass is 10.1. The van der Waals surface area contributed by atoms with E-state index in [0.717, 1.165) is 16.9 Å². The number of fused-ring (bicyclic) bond motifs is 1. The van der Waals surface area contributed by atoms with Crippen LogP contribution in [-0.2, 0) is 4.74 Å². The van der Waals surface area contributed by atoms with Gasteiger partial charge in [0.1, 0.15) is 0 Å². The minimum Gasteiger partial charge on any atom is -0.450 e. The summed E-state index contributed by atoms with van der Waals surface area (Å²) in [6, 6.07) is 3.60. The Hall–Kier alpha value is -1.66. The van der Waals surface area contributed by atoms with E-state index in [2.05, 4.69) is 35.4 Å². The molecular weight excluding hydrogens is 344 g/mol. The molecule has 6 heteroatoms. The minimum absolute atomic E-state index is 0.0402. The number of hydrogen-bond acceptors (Lipinski definition) is 4. The average Bonchev–Trinajstić information content (AvgIpc) is 3.22. The molecule has 2 aromatic rings. The lowest BCUT2D eigenvalue weighted by molar-refractivity contribution is 0.0203. The van der Waals surface area contributed by atoms with Gasteiger partial charge in [-0.2, -0.15) is 0 Å². The van der Waals surface area contributed by atoms with Crippen LogP contribution in [0.3, 0.4) is 0 Å². The molecule has 0 atom stereocenters. The maximum absolute atomic E-state index is 12.1. The monoisotopic (exact) mass is 374 g/mol. The van der Waals surface area contributed by atoms with Crippen LogP contribution in [0, 0.1) is 0 Å². The largest absolute Gasteiger partial charge is 0.450 e. The van der Waals surface area contributed by atoms with E-state index in [1.54, 1.807) is 13.1 Å². The second-order valence-corrected chi connectivity index (χ2v) is 14.1. The molecule has 0 unspecified atom stereocenters. The Morgan fingerprint density at radius 2 is 2.04 bits per heavy atom. The second-order valence-electron chi connectivity index (χ2n) is 8.44. The number of Topliss-reactive ketones (excluding diaryl/α,β-unsaturated/α-hetero) is 1. The van der Waals surface area contributed by atoms with Crippen LogP contribution in [0.4, 0.5) is 0 Å². The van der Waals surface area contributed by atoms with Crippen molar-refractivity contribution in [1.82, 2.24) is 9.55 Å². The highest BCUT2D eigenvalue weighted by Crippen LogP contribution is 2.36. The van der Waals surface area contributed by atoms with Crippen LogP contribution in [0.25, 0.3) is 10.9 Å². The third-order valence-electron chi connectivity index (χ3n) is 5.08. The summed E-state index contributed by atoms with van der Waals surface area (Å²) in [4.78, 5) is 16.5. The van der Waals surface area contributed by atoms with Gasteiger partial charge in [-0.15, -0.1) is 0 Å². The van der Waals surface area contributed by atoms with Crippen LogP contribution >= 0.6 is 0 Å². The van der Waals surface area contributed by atoms with E-state index in [9.17, 15) is 4.79 Å². The summed E-state index contributed by atoms with van der Waals surface area (Å²) < 4.78 is 13.7. The van der Waals surface area contributed by atoms with Crippen molar-refractivity contribution in [2.75, 3.05) is 13.4 Å². The third kappa shape index (κ3) is 4.35. The van der Waals surface area contributed by atoms with Gasteiger partial charge < -0.3 is 14.0 Å². The van der Waals surface area contributed by atoms with E-state index in [4.69, 9.17) is 9.47 Å². The predicted octanol–water partition coefficient (Wildman–Crippen LogP) is 5.05. The molecule has 0 aromatic carbocycles. The van der Waals surface area contributed by atoms with E-state index >= 15 is 0 Å². The summed E-state index contributed by atoms with van der Waals surface area (Å²) in [6.07, 6.45) is 8.55. The molecule has 2 heterocycles. The van der Waals surface area contributed by atoms with Crippen molar-refractivity contribution in [3.8, 4) is 5.88 Å². The molecule has 0 saturated heterocycles. The first kappa shape index (κ1) is 19.1. The fourth-order valence-electron chi connectivity index (χ4n) is 3.55. The molecule has 0 bridgehead atoms.